The molecule has 0 fully saturated rings. The number of halogens is 1. The number of nitriles is 1. The highest BCUT2D eigenvalue weighted by Gasteiger charge is 2.27. The molecule has 58 valence electrons. The van der Waals surface area contributed by atoms with E-state index in [1.54, 1.807) is 0 Å². The maximum Gasteiger partial charge on any atom is 0.0651 e. The summed E-state index contributed by atoms with van der Waals surface area (Å²) in [6, 6.07) is 2.36. The van der Waals surface area contributed by atoms with Gasteiger partial charge in [0.2, 0.25) is 0 Å². The van der Waals surface area contributed by atoms with Crippen molar-refractivity contribution in [2.45, 2.75) is 31.5 Å². The first kappa shape index (κ1) is 10.00. The van der Waals surface area contributed by atoms with E-state index in [-0.39, 0.29) is 5.04 Å². The minimum Gasteiger partial charge on any atom is -0.198 e. The molecular weight excluding hydrogens is 162 g/mol. The molecule has 0 aromatic heterocycles. The van der Waals surface area contributed by atoms with Gasteiger partial charge in [0.1, 0.15) is 0 Å². The molecule has 0 saturated carbocycles. The van der Waals surface area contributed by atoms with Crippen molar-refractivity contribution in [2.75, 3.05) is 5.88 Å². The molecule has 0 aliphatic carbocycles. The number of alkyl halides is 1. The average molecular weight is 176 g/mol. The van der Waals surface area contributed by atoms with Crippen LogP contribution in [0.2, 0.25) is 18.1 Å². The minimum absolute atomic E-state index is 0.0955. The summed E-state index contributed by atoms with van der Waals surface area (Å²) in [7, 11) is -0.864. The summed E-state index contributed by atoms with van der Waals surface area (Å²) >= 11 is 5.58. The summed E-state index contributed by atoms with van der Waals surface area (Å²) in [5.41, 5.74) is 0. The van der Waals surface area contributed by atoms with E-state index in [2.05, 4.69) is 19.2 Å². The Bertz CT molecular complexity index is 141. The number of hydrogen-bond donors (Lipinski definition) is 0. The third-order valence-electron chi connectivity index (χ3n) is 2.14. The Morgan fingerprint density at radius 3 is 2.20 bits per heavy atom. The Hall–Kier alpha value is -0.00312. The summed E-state index contributed by atoms with van der Waals surface area (Å²) in [6.45, 7) is 6.40. The Morgan fingerprint density at radius 2 is 2.10 bits per heavy atom. The highest BCUT2D eigenvalue weighted by atomic mass is 35.5. The molecule has 0 radical (unpaired) electrons. The van der Waals surface area contributed by atoms with Crippen LogP contribution >= 0.6 is 11.6 Å². The lowest BCUT2D eigenvalue weighted by molar-refractivity contribution is 0.723. The molecule has 0 N–H and O–H groups in total. The van der Waals surface area contributed by atoms with Crippen molar-refractivity contribution in [1.29, 1.82) is 5.26 Å². The normalized spacial score (nSPS) is 16.4. The minimum atomic E-state index is -0.864. The van der Waals surface area contributed by atoms with Crippen LogP contribution < -0.4 is 0 Å². The van der Waals surface area contributed by atoms with E-state index in [0.717, 1.165) is 6.42 Å². The molecule has 3 heteroatoms. The van der Waals surface area contributed by atoms with Gasteiger partial charge in [-0.3, -0.25) is 0 Å². The highest BCUT2D eigenvalue weighted by Crippen LogP contribution is 2.32. The third kappa shape index (κ3) is 2.32. The van der Waals surface area contributed by atoms with Crippen LogP contribution in [-0.4, -0.2) is 14.7 Å². The van der Waals surface area contributed by atoms with Crippen molar-refractivity contribution >= 4 is 20.4 Å². The fraction of sp³-hybridized carbons (Fsp3) is 0.857. The molecule has 0 spiro atoms. The lowest BCUT2D eigenvalue weighted by atomic mass is 10.1. The van der Waals surface area contributed by atoms with Gasteiger partial charge in [-0.05, 0) is 13.3 Å². The average Bonchev–Trinajstić information content (AvgIpc) is 1.88. The third-order valence-corrected chi connectivity index (χ3v) is 5.30. The summed E-state index contributed by atoms with van der Waals surface area (Å²) < 4.78 is 0. The Balaban J connectivity index is 4.12. The summed E-state index contributed by atoms with van der Waals surface area (Å²) in [4.78, 5) is 0. The second kappa shape index (κ2) is 4.00. The standard InChI is InChI=1S/C7H14ClNSi/c1-7(6-9,4-5-8)10(2)3/h10H,4-5H2,1-3H3. The molecule has 0 aromatic carbocycles. The van der Waals surface area contributed by atoms with Crippen molar-refractivity contribution in [2.24, 2.45) is 0 Å². The van der Waals surface area contributed by atoms with E-state index >= 15 is 0 Å². The zero-order valence-electron chi connectivity index (χ0n) is 6.82. The molecule has 1 atom stereocenters. The number of nitrogens with zero attached hydrogens (tertiary/aromatic N) is 1. The zero-order chi connectivity index (χ0) is 8.20. The van der Waals surface area contributed by atoms with Crippen molar-refractivity contribution in [1.82, 2.24) is 0 Å². The van der Waals surface area contributed by atoms with E-state index < -0.39 is 8.80 Å². The molecule has 0 saturated heterocycles. The van der Waals surface area contributed by atoms with Gasteiger partial charge in [0.25, 0.3) is 0 Å². The fourth-order valence-electron chi connectivity index (χ4n) is 0.670. The monoisotopic (exact) mass is 175 g/mol. The summed E-state index contributed by atoms with van der Waals surface area (Å²) in [5.74, 6) is 0.606. The molecule has 0 aromatic rings. The zero-order valence-corrected chi connectivity index (χ0v) is 8.73. The molecule has 0 rings (SSSR count). The number of hydrogen-bond acceptors (Lipinski definition) is 1. The topological polar surface area (TPSA) is 23.8 Å². The van der Waals surface area contributed by atoms with Gasteiger partial charge in [0.15, 0.2) is 0 Å². The van der Waals surface area contributed by atoms with Crippen LogP contribution in [0.4, 0.5) is 0 Å². The van der Waals surface area contributed by atoms with Gasteiger partial charge in [0, 0.05) is 10.9 Å². The molecular formula is C7H14ClNSi. The van der Waals surface area contributed by atoms with Gasteiger partial charge >= 0.3 is 0 Å². The van der Waals surface area contributed by atoms with Crippen LogP contribution in [0, 0.1) is 11.3 Å². The van der Waals surface area contributed by atoms with Crippen LogP contribution in [0.25, 0.3) is 0 Å². The molecule has 10 heavy (non-hydrogen) atoms. The van der Waals surface area contributed by atoms with E-state index in [4.69, 9.17) is 16.9 Å². The first-order valence-corrected chi connectivity index (χ1v) is 6.96. The molecule has 0 aliphatic rings. The maximum absolute atomic E-state index is 8.81. The molecule has 0 amide bonds. The number of rotatable bonds is 3. The Labute approximate surface area is 69.6 Å². The molecule has 0 aliphatic heterocycles. The lowest BCUT2D eigenvalue weighted by Gasteiger charge is -2.23. The van der Waals surface area contributed by atoms with E-state index in [1.165, 1.54) is 0 Å². The van der Waals surface area contributed by atoms with E-state index in [0.29, 0.717) is 5.88 Å². The van der Waals surface area contributed by atoms with Gasteiger partial charge in [0.05, 0.1) is 14.9 Å². The lowest BCUT2D eigenvalue weighted by Crippen LogP contribution is -2.22. The van der Waals surface area contributed by atoms with Crippen molar-refractivity contribution in [3.05, 3.63) is 0 Å². The second-order valence-electron chi connectivity index (χ2n) is 3.12. The van der Waals surface area contributed by atoms with Crippen molar-refractivity contribution in [3.8, 4) is 6.07 Å². The van der Waals surface area contributed by atoms with Gasteiger partial charge in [-0.25, -0.2) is 0 Å². The van der Waals surface area contributed by atoms with Crippen LogP contribution in [0.1, 0.15) is 13.3 Å². The van der Waals surface area contributed by atoms with Crippen molar-refractivity contribution in [3.63, 3.8) is 0 Å². The molecule has 1 nitrogen and oxygen atoms in total. The van der Waals surface area contributed by atoms with Crippen LogP contribution in [0.3, 0.4) is 0 Å². The van der Waals surface area contributed by atoms with Gasteiger partial charge in [-0.1, -0.05) is 13.1 Å². The largest absolute Gasteiger partial charge is 0.198 e. The summed E-state index contributed by atoms with van der Waals surface area (Å²) in [6.07, 6.45) is 0.842. The maximum atomic E-state index is 8.81. The summed E-state index contributed by atoms with van der Waals surface area (Å²) in [5, 5.41) is 8.72. The van der Waals surface area contributed by atoms with Gasteiger partial charge < -0.3 is 0 Å². The predicted molar refractivity (Wildman–Crippen MR) is 48.2 cm³/mol. The molecule has 1 unspecified atom stereocenters. The quantitative estimate of drug-likeness (QED) is 0.478. The van der Waals surface area contributed by atoms with Gasteiger partial charge in [-0.2, -0.15) is 5.26 Å². The highest BCUT2D eigenvalue weighted by molar-refractivity contribution is 6.60. The Kier molecular flexibility index (Phi) is 4.00. The van der Waals surface area contributed by atoms with Crippen molar-refractivity contribution < 1.29 is 0 Å². The molecule has 0 bridgehead atoms. The van der Waals surface area contributed by atoms with E-state index in [9.17, 15) is 0 Å². The Morgan fingerprint density at radius 1 is 1.60 bits per heavy atom. The predicted octanol–water partition coefficient (Wildman–Crippen LogP) is 2.39. The van der Waals surface area contributed by atoms with Crippen LogP contribution in [-0.2, 0) is 0 Å². The smallest absolute Gasteiger partial charge is 0.0651 e. The molecule has 0 heterocycles. The van der Waals surface area contributed by atoms with Crippen LogP contribution in [0.15, 0.2) is 0 Å². The SMILES string of the molecule is C[SiH](C)C(C)(C#N)CCCl. The second-order valence-corrected chi connectivity index (χ2v) is 7.08. The first-order valence-electron chi connectivity index (χ1n) is 3.54. The van der Waals surface area contributed by atoms with Gasteiger partial charge in [-0.15, -0.1) is 11.6 Å². The van der Waals surface area contributed by atoms with E-state index in [1.807, 2.05) is 6.92 Å². The first-order chi connectivity index (χ1) is 4.56. The van der Waals surface area contributed by atoms with Crippen LogP contribution in [0.5, 0.6) is 0 Å². The fourth-order valence-corrected chi connectivity index (χ4v) is 2.23.